The van der Waals surface area contributed by atoms with Crippen LogP contribution >= 0.6 is 11.6 Å². The number of hydrogen-bond acceptors (Lipinski definition) is 6. The maximum absolute atomic E-state index is 11.6. The van der Waals surface area contributed by atoms with Crippen molar-refractivity contribution in [3.8, 4) is 0 Å². The first-order chi connectivity index (χ1) is 13.6. The molecule has 3 rings (SSSR count). The molecule has 9 heteroatoms. The van der Waals surface area contributed by atoms with Gasteiger partial charge in [0.15, 0.2) is 5.82 Å². The van der Waals surface area contributed by atoms with E-state index in [1.54, 1.807) is 17.0 Å². The molecule has 1 aliphatic heterocycles. The Morgan fingerprint density at radius 3 is 2.64 bits per heavy atom. The van der Waals surface area contributed by atoms with Gasteiger partial charge < -0.3 is 20.9 Å². The van der Waals surface area contributed by atoms with Gasteiger partial charge in [-0.1, -0.05) is 30.3 Å². The summed E-state index contributed by atoms with van der Waals surface area (Å²) < 4.78 is 0. The zero-order valence-corrected chi connectivity index (χ0v) is 15.9. The third kappa shape index (κ3) is 4.98. The summed E-state index contributed by atoms with van der Waals surface area (Å²) in [4.78, 5) is 32.9. The highest BCUT2D eigenvalue weighted by atomic mass is 35.5. The molecular weight excluding hydrogens is 380 g/mol. The van der Waals surface area contributed by atoms with E-state index in [2.05, 4.69) is 32.5 Å². The summed E-state index contributed by atoms with van der Waals surface area (Å²) in [7, 11) is 0. The van der Waals surface area contributed by atoms with Gasteiger partial charge in [-0.15, -0.1) is 0 Å². The number of carbonyl (C=O) groups is 2. The standard InChI is InChI=1S/C19H21ClN6O2/c1-2-17(28)23-15-5-3-4-6-16(15)24-18-14(20)11-21-19(25-18)22-13-7-9-26(12-27)10-8-13/h2-6,11-13H,1,7-10H2,(H,23,28)(H2,21,22,24,25). The summed E-state index contributed by atoms with van der Waals surface area (Å²) in [6, 6.07) is 7.40. The van der Waals surface area contributed by atoms with Gasteiger partial charge in [0, 0.05) is 19.1 Å². The lowest BCUT2D eigenvalue weighted by Crippen LogP contribution is -2.38. The van der Waals surface area contributed by atoms with Crippen LogP contribution in [0, 0.1) is 0 Å². The molecule has 146 valence electrons. The predicted octanol–water partition coefficient (Wildman–Crippen LogP) is 3.03. The number of nitrogens with one attached hydrogen (secondary N) is 3. The van der Waals surface area contributed by atoms with Crippen LogP contribution in [0.2, 0.25) is 5.02 Å². The van der Waals surface area contributed by atoms with Crippen molar-refractivity contribution in [2.24, 2.45) is 0 Å². The average Bonchev–Trinajstić information content (AvgIpc) is 2.72. The van der Waals surface area contributed by atoms with Crippen molar-refractivity contribution in [2.45, 2.75) is 18.9 Å². The first kappa shape index (κ1) is 19.6. The Morgan fingerprint density at radius 1 is 1.25 bits per heavy atom. The van der Waals surface area contributed by atoms with E-state index in [1.165, 1.54) is 12.3 Å². The number of aromatic nitrogens is 2. The third-order valence-electron chi connectivity index (χ3n) is 4.38. The molecule has 0 aliphatic carbocycles. The molecule has 0 spiro atoms. The molecule has 8 nitrogen and oxygen atoms in total. The summed E-state index contributed by atoms with van der Waals surface area (Å²) in [5.74, 6) is 0.556. The lowest BCUT2D eigenvalue weighted by Gasteiger charge is -2.29. The van der Waals surface area contributed by atoms with Gasteiger partial charge in [-0.05, 0) is 31.1 Å². The zero-order chi connectivity index (χ0) is 19.9. The van der Waals surface area contributed by atoms with Crippen LogP contribution in [0.1, 0.15) is 12.8 Å². The van der Waals surface area contributed by atoms with Crippen LogP contribution in [0.25, 0.3) is 0 Å². The van der Waals surface area contributed by atoms with Gasteiger partial charge in [-0.2, -0.15) is 4.98 Å². The number of nitrogens with zero attached hydrogens (tertiary/aromatic N) is 3. The van der Waals surface area contributed by atoms with Crippen molar-refractivity contribution in [3.05, 3.63) is 48.1 Å². The van der Waals surface area contributed by atoms with E-state index < -0.39 is 0 Å². The maximum Gasteiger partial charge on any atom is 0.247 e. The Kier molecular flexibility index (Phi) is 6.44. The van der Waals surface area contributed by atoms with Gasteiger partial charge in [0.05, 0.1) is 17.6 Å². The monoisotopic (exact) mass is 400 g/mol. The second-order valence-electron chi connectivity index (χ2n) is 6.31. The van der Waals surface area contributed by atoms with Crippen molar-refractivity contribution in [1.29, 1.82) is 0 Å². The van der Waals surface area contributed by atoms with Crippen molar-refractivity contribution in [3.63, 3.8) is 0 Å². The molecule has 0 unspecified atom stereocenters. The van der Waals surface area contributed by atoms with Crippen LogP contribution in [0.4, 0.5) is 23.1 Å². The highest BCUT2D eigenvalue weighted by Gasteiger charge is 2.19. The molecule has 3 N–H and O–H groups in total. The second-order valence-corrected chi connectivity index (χ2v) is 6.72. The molecule has 1 aliphatic rings. The van der Waals surface area contributed by atoms with Gasteiger partial charge in [0.1, 0.15) is 5.02 Å². The fourth-order valence-corrected chi connectivity index (χ4v) is 3.01. The molecular formula is C19H21ClN6O2. The summed E-state index contributed by atoms with van der Waals surface area (Å²) in [5, 5.41) is 9.51. The molecule has 1 aromatic carbocycles. The molecule has 2 amide bonds. The molecule has 1 saturated heterocycles. The summed E-state index contributed by atoms with van der Waals surface area (Å²) in [6.07, 6.45) is 5.24. The number of piperidine rings is 1. The predicted molar refractivity (Wildman–Crippen MR) is 110 cm³/mol. The molecule has 1 aromatic heterocycles. The second kappa shape index (κ2) is 9.18. The number of benzene rings is 1. The van der Waals surface area contributed by atoms with Crippen molar-refractivity contribution in [2.75, 3.05) is 29.0 Å². The molecule has 0 atom stereocenters. The fourth-order valence-electron chi connectivity index (χ4n) is 2.87. The van der Waals surface area contributed by atoms with Gasteiger partial charge >= 0.3 is 0 Å². The number of carbonyl (C=O) groups excluding carboxylic acids is 2. The van der Waals surface area contributed by atoms with Gasteiger partial charge in [-0.3, -0.25) is 9.59 Å². The topological polar surface area (TPSA) is 99.2 Å². The van der Waals surface area contributed by atoms with E-state index in [4.69, 9.17) is 11.6 Å². The molecule has 2 heterocycles. The minimum atomic E-state index is -0.313. The largest absolute Gasteiger partial charge is 0.351 e. The van der Waals surface area contributed by atoms with E-state index in [9.17, 15) is 9.59 Å². The number of hydrogen-bond donors (Lipinski definition) is 3. The van der Waals surface area contributed by atoms with E-state index >= 15 is 0 Å². The van der Waals surface area contributed by atoms with E-state index in [0.717, 1.165) is 19.3 Å². The quantitative estimate of drug-likeness (QED) is 0.488. The smallest absolute Gasteiger partial charge is 0.247 e. The summed E-state index contributed by atoms with van der Waals surface area (Å²) >= 11 is 6.25. The molecule has 0 radical (unpaired) electrons. The van der Waals surface area contributed by atoms with Crippen molar-refractivity contribution < 1.29 is 9.59 Å². The Bertz CT molecular complexity index is 867. The maximum atomic E-state index is 11.6. The van der Waals surface area contributed by atoms with Crippen LogP contribution in [0.5, 0.6) is 0 Å². The van der Waals surface area contributed by atoms with Gasteiger partial charge in [0.2, 0.25) is 18.3 Å². The Labute approximate surface area is 168 Å². The highest BCUT2D eigenvalue weighted by molar-refractivity contribution is 6.33. The Balaban J connectivity index is 1.73. The third-order valence-corrected chi connectivity index (χ3v) is 4.66. The molecule has 28 heavy (non-hydrogen) atoms. The van der Waals surface area contributed by atoms with Crippen molar-refractivity contribution >= 4 is 47.1 Å². The fraction of sp³-hybridized carbons (Fsp3) is 0.263. The number of rotatable bonds is 7. The number of anilines is 4. The summed E-state index contributed by atoms with van der Waals surface area (Å²) in [6.45, 7) is 4.87. The minimum Gasteiger partial charge on any atom is -0.351 e. The van der Waals surface area contributed by atoms with Crippen LogP contribution in [0.3, 0.4) is 0 Å². The summed E-state index contributed by atoms with van der Waals surface area (Å²) in [5.41, 5.74) is 1.22. The minimum absolute atomic E-state index is 0.185. The van der Waals surface area contributed by atoms with Crippen molar-refractivity contribution in [1.82, 2.24) is 14.9 Å². The Morgan fingerprint density at radius 2 is 1.96 bits per heavy atom. The number of halogens is 1. The van der Waals surface area contributed by atoms with Crippen LogP contribution in [-0.4, -0.2) is 46.3 Å². The van der Waals surface area contributed by atoms with E-state index in [0.29, 0.717) is 41.3 Å². The van der Waals surface area contributed by atoms with E-state index in [-0.39, 0.29) is 11.9 Å². The first-order valence-electron chi connectivity index (χ1n) is 8.87. The molecule has 2 aromatic rings. The molecule has 0 saturated carbocycles. The normalized spacial score (nSPS) is 14.2. The number of para-hydroxylation sites is 2. The van der Waals surface area contributed by atoms with E-state index in [1.807, 2.05) is 12.1 Å². The lowest BCUT2D eigenvalue weighted by molar-refractivity contribution is -0.119. The van der Waals surface area contributed by atoms with Crippen LogP contribution in [-0.2, 0) is 9.59 Å². The average molecular weight is 401 g/mol. The molecule has 1 fully saturated rings. The van der Waals surface area contributed by atoms with Crippen LogP contribution < -0.4 is 16.0 Å². The first-order valence-corrected chi connectivity index (χ1v) is 9.24. The molecule has 0 bridgehead atoms. The van der Waals surface area contributed by atoms with Gasteiger partial charge in [0.25, 0.3) is 0 Å². The highest BCUT2D eigenvalue weighted by Crippen LogP contribution is 2.29. The lowest BCUT2D eigenvalue weighted by atomic mass is 10.1. The van der Waals surface area contributed by atoms with Gasteiger partial charge in [-0.25, -0.2) is 4.98 Å². The Hall–Kier alpha value is -3.13. The number of amides is 2. The number of likely N-dealkylation sites (tertiary alicyclic amines) is 1. The SMILES string of the molecule is C=CC(=O)Nc1ccccc1Nc1nc(NC2CCN(C=O)CC2)ncc1Cl. The zero-order valence-electron chi connectivity index (χ0n) is 15.2. The van der Waals surface area contributed by atoms with Crippen LogP contribution in [0.15, 0.2) is 43.1 Å².